The Hall–Kier alpha value is -3.64. The first-order valence-corrected chi connectivity index (χ1v) is 9.13. The van der Waals surface area contributed by atoms with Gasteiger partial charge in [0.2, 0.25) is 5.91 Å². The van der Waals surface area contributed by atoms with E-state index in [0.717, 1.165) is 11.1 Å². The van der Waals surface area contributed by atoms with Gasteiger partial charge in [0.25, 0.3) is 5.91 Å². The molecule has 2 amide bonds. The van der Waals surface area contributed by atoms with Gasteiger partial charge in [0.1, 0.15) is 11.8 Å². The first kappa shape index (κ1) is 20.1. The average molecular weight is 390 g/mol. The molecule has 0 saturated carbocycles. The number of ether oxygens (including phenoxy) is 1. The molecule has 6 heteroatoms. The summed E-state index contributed by atoms with van der Waals surface area (Å²) in [5, 5.41) is 14.8. The van der Waals surface area contributed by atoms with E-state index in [0.29, 0.717) is 17.0 Å². The van der Waals surface area contributed by atoms with Crippen LogP contribution >= 0.6 is 0 Å². The fraction of sp³-hybridized carbons (Fsp3) is 0.130. The van der Waals surface area contributed by atoms with E-state index in [2.05, 4.69) is 10.6 Å². The van der Waals surface area contributed by atoms with Gasteiger partial charge in [0.05, 0.1) is 13.7 Å². The second-order valence-electron chi connectivity index (χ2n) is 6.37. The van der Waals surface area contributed by atoms with E-state index in [1.807, 2.05) is 42.5 Å². The van der Waals surface area contributed by atoms with Crippen LogP contribution in [0.15, 0.2) is 78.9 Å². The van der Waals surface area contributed by atoms with E-state index >= 15 is 0 Å². The molecule has 6 nitrogen and oxygen atoms in total. The first-order valence-electron chi connectivity index (χ1n) is 9.13. The van der Waals surface area contributed by atoms with Gasteiger partial charge in [-0.3, -0.25) is 9.59 Å². The van der Waals surface area contributed by atoms with Gasteiger partial charge in [-0.15, -0.1) is 0 Å². The highest BCUT2D eigenvalue weighted by molar-refractivity contribution is 6.01. The molecule has 0 saturated heterocycles. The summed E-state index contributed by atoms with van der Waals surface area (Å²) in [6, 6.07) is 22.6. The number of anilines is 1. The van der Waals surface area contributed by atoms with Crippen molar-refractivity contribution < 1.29 is 19.4 Å². The number of nitrogens with one attached hydrogen (secondary N) is 2. The molecular weight excluding hydrogens is 368 g/mol. The summed E-state index contributed by atoms with van der Waals surface area (Å²) in [5.74, 6) is -0.370. The van der Waals surface area contributed by atoms with Crippen LogP contribution in [0.25, 0.3) is 11.1 Å². The minimum Gasteiger partial charge on any atom is -0.497 e. The maximum Gasteiger partial charge on any atom is 0.251 e. The van der Waals surface area contributed by atoms with Crippen LogP contribution in [0.1, 0.15) is 10.4 Å². The summed E-state index contributed by atoms with van der Waals surface area (Å²) in [6.07, 6.45) is 0. The quantitative estimate of drug-likeness (QED) is 0.579. The van der Waals surface area contributed by atoms with Crippen molar-refractivity contribution in [2.45, 2.75) is 6.04 Å². The lowest BCUT2D eigenvalue weighted by molar-refractivity contribution is -0.118. The zero-order valence-electron chi connectivity index (χ0n) is 16.0. The van der Waals surface area contributed by atoms with Crippen molar-refractivity contribution in [1.29, 1.82) is 0 Å². The van der Waals surface area contributed by atoms with Crippen molar-refractivity contribution in [1.82, 2.24) is 5.32 Å². The molecule has 1 atom stereocenters. The molecule has 0 aliphatic rings. The number of aliphatic hydroxyl groups is 1. The standard InChI is InChI=1S/C23H22N2O4/c1-29-20-9-5-8-19(14-20)24-23(28)21(15-26)25-22(27)18-12-10-17(11-13-18)16-6-3-2-4-7-16/h2-14,21,26H,15H2,1H3,(H,24,28)(H,25,27)/t21-/m0/s1. The Morgan fingerprint density at radius 3 is 2.28 bits per heavy atom. The maximum absolute atomic E-state index is 12.5. The van der Waals surface area contributed by atoms with Crippen molar-refractivity contribution in [2.75, 3.05) is 19.0 Å². The lowest BCUT2D eigenvalue weighted by atomic mass is 10.0. The molecule has 3 N–H and O–H groups in total. The fourth-order valence-electron chi connectivity index (χ4n) is 2.81. The number of benzene rings is 3. The van der Waals surface area contributed by atoms with Crippen LogP contribution in [0, 0.1) is 0 Å². The molecule has 0 unspecified atom stereocenters. The predicted molar refractivity (Wildman–Crippen MR) is 112 cm³/mol. The van der Waals surface area contributed by atoms with E-state index in [1.54, 1.807) is 36.4 Å². The smallest absolute Gasteiger partial charge is 0.251 e. The third kappa shape index (κ3) is 5.21. The average Bonchev–Trinajstić information content (AvgIpc) is 2.78. The summed E-state index contributed by atoms with van der Waals surface area (Å²) < 4.78 is 5.12. The number of hydrogen-bond acceptors (Lipinski definition) is 4. The number of carbonyl (C=O) groups is 2. The molecule has 0 heterocycles. The van der Waals surface area contributed by atoms with Crippen LogP contribution in [0.2, 0.25) is 0 Å². The summed E-state index contributed by atoms with van der Waals surface area (Å²) in [5.41, 5.74) is 2.94. The van der Waals surface area contributed by atoms with Crippen LogP contribution in [-0.4, -0.2) is 36.7 Å². The molecule has 0 aromatic heterocycles. The normalized spacial score (nSPS) is 11.4. The lowest BCUT2D eigenvalue weighted by Gasteiger charge is -2.16. The third-order valence-corrected chi connectivity index (χ3v) is 4.40. The summed E-state index contributed by atoms with van der Waals surface area (Å²) >= 11 is 0. The van der Waals surface area contributed by atoms with Crippen LogP contribution < -0.4 is 15.4 Å². The predicted octanol–water partition coefficient (Wildman–Crippen LogP) is 3.09. The number of carbonyl (C=O) groups excluding carboxylic acids is 2. The Bertz CT molecular complexity index is 972. The van der Waals surface area contributed by atoms with Crippen LogP contribution in [0.5, 0.6) is 5.75 Å². The zero-order valence-corrected chi connectivity index (χ0v) is 16.0. The molecular formula is C23H22N2O4. The van der Waals surface area contributed by atoms with Crippen molar-refractivity contribution in [3.8, 4) is 16.9 Å². The van der Waals surface area contributed by atoms with Gasteiger partial charge in [-0.1, -0.05) is 48.5 Å². The monoisotopic (exact) mass is 390 g/mol. The Morgan fingerprint density at radius 1 is 0.931 bits per heavy atom. The molecule has 0 spiro atoms. The zero-order chi connectivity index (χ0) is 20.6. The van der Waals surface area contributed by atoms with E-state index in [9.17, 15) is 14.7 Å². The number of methoxy groups -OCH3 is 1. The molecule has 3 aromatic rings. The van der Waals surface area contributed by atoms with Gasteiger partial charge in [-0.2, -0.15) is 0 Å². The van der Waals surface area contributed by atoms with Gasteiger partial charge in [0, 0.05) is 17.3 Å². The van der Waals surface area contributed by atoms with E-state index in [1.165, 1.54) is 7.11 Å². The molecule has 3 rings (SSSR count). The van der Waals surface area contributed by atoms with Crippen molar-refractivity contribution in [3.63, 3.8) is 0 Å². The van der Waals surface area contributed by atoms with E-state index in [-0.39, 0.29) is 0 Å². The van der Waals surface area contributed by atoms with Crippen LogP contribution in [0.4, 0.5) is 5.69 Å². The van der Waals surface area contributed by atoms with Crippen molar-refractivity contribution in [3.05, 3.63) is 84.4 Å². The topological polar surface area (TPSA) is 87.7 Å². The van der Waals surface area contributed by atoms with Gasteiger partial charge < -0.3 is 20.5 Å². The van der Waals surface area contributed by atoms with Gasteiger partial charge >= 0.3 is 0 Å². The Kier molecular flexibility index (Phi) is 6.60. The highest BCUT2D eigenvalue weighted by atomic mass is 16.5. The SMILES string of the molecule is COc1cccc(NC(=O)[C@H](CO)NC(=O)c2ccc(-c3ccccc3)cc2)c1. The van der Waals surface area contributed by atoms with E-state index < -0.39 is 24.5 Å². The minimum absolute atomic E-state index is 0.400. The molecule has 148 valence electrons. The van der Waals surface area contributed by atoms with Crippen molar-refractivity contribution >= 4 is 17.5 Å². The molecule has 0 aliphatic heterocycles. The number of aliphatic hydroxyl groups excluding tert-OH is 1. The molecule has 0 fully saturated rings. The summed E-state index contributed by atoms with van der Waals surface area (Å²) in [4.78, 5) is 24.9. The van der Waals surface area contributed by atoms with Gasteiger partial charge in [-0.25, -0.2) is 0 Å². The summed E-state index contributed by atoms with van der Waals surface area (Å²) in [6.45, 7) is -0.524. The Balaban J connectivity index is 1.65. The van der Waals surface area contributed by atoms with Crippen LogP contribution in [0.3, 0.4) is 0 Å². The third-order valence-electron chi connectivity index (χ3n) is 4.40. The molecule has 0 aliphatic carbocycles. The fourth-order valence-corrected chi connectivity index (χ4v) is 2.81. The maximum atomic E-state index is 12.5. The number of rotatable bonds is 7. The van der Waals surface area contributed by atoms with Gasteiger partial charge in [0.15, 0.2) is 0 Å². The number of hydrogen-bond donors (Lipinski definition) is 3. The number of amides is 2. The molecule has 3 aromatic carbocycles. The van der Waals surface area contributed by atoms with E-state index in [4.69, 9.17) is 4.74 Å². The second-order valence-corrected chi connectivity index (χ2v) is 6.37. The minimum atomic E-state index is -1.08. The lowest BCUT2D eigenvalue weighted by Crippen LogP contribution is -2.46. The second kappa shape index (κ2) is 9.52. The molecule has 0 radical (unpaired) electrons. The highest BCUT2D eigenvalue weighted by Gasteiger charge is 2.21. The molecule has 0 bridgehead atoms. The largest absolute Gasteiger partial charge is 0.497 e. The first-order chi connectivity index (χ1) is 14.1. The highest BCUT2D eigenvalue weighted by Crippen LogP contribution is 2.19. The van der Waals surface area contributed by atoms with Crippen molar-refractivity contribution in [2.24, 2.45) is 0 Å². The Morgan fingerprint density at radius 2 is 1.62 bits per heavy atom. The molecule has 29 heavy (non-hydrogen) atoms. The Labute approximate surface area is 169 Å². The van der Waals surface area contributed by atoms with Gasteiger partial charge in [-0.05, 0) is 35.4 Å². The van der Waals surface area contributed by atoms with Crippen LogP contribution in [-0.2, 0) is 4.79 Å². The summed E-state index contributed by atoms with van der Waals surface area (Å²) in [7, 11) is 1.53.